The molecule has 0 spiro atoms. The van der Waals surface area contributed by atoms with Crippen LogP contribution in [0.15, 0.2) is 66.7 Å². The van der Waals surface area contributed by atoms with Gasteiger partial charge in [-0.2, -0.15) is 0 Å². The van der Waals surface area contributed by atoms with Crippen molar-refractivity contribution in [2.75, 3.05) is 11.9 Å². The molecule has 148 valence electrons. The van der Waals surface area contributed by atoms with Crippen molar-refractivity contribution in [3.63, 3.8) is 0 Å². The number of carbonyl (C=O) groups is 4. The Hall–Kier alpha value is -3.33. The largest absolute Gasteiger partial charge is 0.452 e. The minimum absolute atomic E-state index is 0.138. The molecule has 0 saturated heterocycles. The van der Waals surface area contributed by atoms with Gasteiger partial charge in [0.05, 0.1) is 16.8 Å². The van der Waals surface area contributed by atoms with E-state index >= 15 is 0 Å². The molecule has 0 unspecified atom stereocenters. The lowest BCUT2D eigenvalue weighted by molar-refractivity contribution is -0.119. The first-order chi connectivity index (χ1) is 14.5. The Morgan fingerprint density at radius 3 is 2.13 bits per heavy atom. The maximum absolute atomic E-state index is 12.9. The van der Waals surface area contributed by atoms with Crippen LogP contribution in [0.3, 0.4) is 0 Å². The lowest BCUT2D eigenvalue weighted by Gasteiger charge is -2.20. The lowest BCUT2D eigenvalue weighted by Crippen LogP contribution is -2.26. The van der Waals surface area contributed by atoms with Gasteiger partial charge in [0, 0.05) is 20.3 Å². The first-order valence-corrected chi connectivity index (χ1v) is 10.1. The van der Waals surface area contributed by atoms with Gasteiger partial charge in [-0.05, 0) is 52.9 Å². The van der Waals surface area contributed by atoms with Crippen LogP contribution in [-0.2, 0) is 9.53 Å². The summed E-state index contributed by atoms with van der Waals surface area (Å²) in [7, 11) is 0. The van der Waals surface area contributed by atoms with Crippen LogP contribution >= 0.6 is 22.6 Å². The van der Waals surface area contributed by atoms with Crippen LogP contribution in [-0.4, -0.2) is 30.0 Å². The molecule has 3 aromatic carbocycles. The number of nitrogens with one attached hydrogen (secondary N) is 1. The van der Waals surface area contributed by atoms with Crippen molar-refractivity contribution in [1.82, 2.24) is 0 Å². The van der Waals surface area contributed by atoms with E-state index in [0.29, 0.717) is 16.7 Å². The highest BCUT2D eigenvalue weighted by Gasteiger charge is 2.31. The average Bonchev–Trinajstić information content (AvgIpc) is 2.76. The van der Waals surface area contributed by atoms with Crippen molar-refractivity contribution in [2.45, 2.75) is 0 Å². The third kappa shape index (κ3) is 3.76. The van der Waals surface area contributed by atoms with E-state index in [-0.39, 0.29) is 28.4 Å². The van der Waals surface area contributed by atoms with E-state index in [1.165, 1.54) is 6.07 Å². The number of carbonyl (C=O) groups excluding carboxylic acids is 4. The van der Waals surface area contributed by atoms with E-state index in [9.17, 15) is 19.2 Å². The number of hydrogen-bond donors (Lipinski definition) is 1. The van der Waals surface area contributed by atoms with Gasteiger partial charge in [-0.25, -0.2) is 4.79 Å². The van der Waals surface area contributed by atoms with Gasteiger partial charge in [0.1, 0.15) is 0 Å². The molecule has 0 fully saturated rings. The zero-order chi connectivity index (χ0) is 21.3. The third-order valence-electron chi connectivity index (χ3n) is 4.64. The van der Waals surface area contributed by atoms with Gasteiger partial charge in [-0.3, -0.25) is 14.4 Å². The zero-order valence-corrected chi connectivity index (χ0v) is 17.6. The Bertz CT molecular complexity index is 1200. The molecule has 0 bridgehead atoms. The number of benzene rings is 3. The lowest BCUT2D eigenvalue weighted by atomic mass is 9.83. The van der Waals surface area contributed by atoms with E-state index in [0.717, 1.165) is 3.57 Å². The Morgan fingerprint density at radius 2 is 1.43 bits per heavy atom. The fourth-order valence-electron chi connectivity index (χ4n) is 3.24. The molecule has 1 amide bonds. The molecular weight excluding hydrogens is 497 g/mol. The van der Waals surface area contributed by atoms with E-state index in [4.69, 9.17) is 4.74 Å². The van der Waals surface area contributed by atoms with Crippen molar-refractivity contribution >= 4 is 51.7 Å². The average molecular weight is 511 g/mol. The molecule has 0 saturated carbocycles. The minimum Gasteiger partial charge on any atom is -0.452 e. The Morgan fingerprint density at radius 1 is 0.800 bits per heavy atom. The van der Waals surface area contributed by atoms with Gasteiger partial charge >= 0.3 is 5.97 Å². The molecule has 1 N–H and O–H groups in total. The number of hydrogen-bond acceptors (Lipinski definition) is 5. The summed E-state index contributed by atoms with van der Waals surface area (Å²) in [4.78, 5) is 50.1. The summed E-state index contributed by atoms with van der Waals surface area (Å²) < 4.78 is 6.01. The number of rotatable bonds is 4. The number of halogens is 1. The molecule has 0 radical (unpaired) electrons. The summed E-state index contributed by atoms with van der Waals surface area (Å²) in [5.74, 6) is -1.85. The summed E-state index contributed by atoms with van der Waals surface area (Å²) in [5.41, 5.74) is 1.53. The van der Waals surface area contributed by atoms with Gasteiger partial charge in [-0.1, -0.05) is 36.4 Å². The van der Waals surface area contributed by atoms with Crippen LogP contribution in [0.1, 0.15) is 42.2 Å². The van der Waals surface area contributed by atoms with Crippen molar-refractivity contribution in [2.24, 2.45) is 0 Å². The molecule has 1 aliphatic rings. The Balaban J connectivity index is 1.51. The summed E-state index contributed by atoms with van der Waals surface area (Å²) in [5, 5.41) is 2.58. The summed E-state index contributed by atoms with van der Waals surface area (Å²) in [6.45, 7) is -0.521. The molecule has 6 nitrogen and oxygen atoms in total. The Kier molecular flexibility index (Phi) is 5.45. The molecular formula is C23H14INO5. The monoisotopic (exact) mass is 511 g/mol. The van der Waals surface area contributed by atoms with Crippen molar-refractivity contribution in [3.8, 4) is 0 Å². The maximum atomic E-state index is 12.9. The van der Waals surface area contributed by atoms with Gasteiger partial charge in [0.25, 0.3) is 5.91 Å². The normalized spacial score (nSPS) is 12.0. The van der Waals surface area contributed by atoms with E-state index in [2.05, 4.69) is 27.9 Å². The summed E-state index contributed by atoms with van der Waals surface area (Å²) >= 11 is 2.12. The highest BCUT2D eigenvalue weighted by atomic mass is 127. The molecule has 0 aliphatic heterocycles. The molecule has 0 heterocycles. The standard InChI is InChI=1S/C23H14INO5/c24-14-10-8-13(9-11-14)23(29)30-12-19(26)25-18-7-3-6-17-20(18)22(28)16-5-2-1-4-15(16)21(17)27/h1-11H,12H2,(H,25,26). The van der Waals surface area contributed by atoms with Gasteiger partial charge in [-0.15, -0.1) is 0 Å². The molecule has 0 aromatic heterocycles. The van der Waals surface area contributed by atoms with E-state index in [1.54, 1.807) is 60.7 Å². The molecule has 30 heavy (non-hydrogen) atoms. The Labute approximate surface area is 185 Å². The summed E-state index contributed by atoms with van der Waals surface area (Å²) in [6, 6.07) is 18.0. The number of ether oxygens (including phenoxy) is 1. The molecule has 0 atom stereocenters. The van der Waals surface area contributed by atoms with E-state index < -0.39 is 18.5 Å². The number of anilines is 1. The number of fused-ring (bicyclic) bond motifs is 2. The van der Waals surface area contributed by atoms with Crippen LogP contribution < -0.4 is 5.32 Å². The first kappa shape index (κ1) is 20.0. The van der Waals surface area contributed by atoms with E-state index in [1.807, 2.05) is 0 Å². The van der Waals surface area contributed by atoms with Gasteiger partial charge in [0.15, 0.2) is 18.2 Å². The van der Waals surface area contributed by atoms with Crippen LogP contribution in [0.2, 0.25) is 0 Å². The highest BCUT2D eigenvalue weighted by molar-refractivity contribution is 14.1. The fraction of sp³-hybridized carbons (Fsp3) is 0.0435. The van der Waals surface area contributed by atoms with Crippen LogP contribution in [0.25, 0.3) is 0 Å². The predicted octanol–water partition coefficient (Wildman–Crippen LogP) is 3.86. The van der Waals surface area contributed by atoms with Gasteiger partial charge in [0.2, 0.25) is 0 Å². The molecule has 3 aromatic rings. The molecule has 4 rings (SSSR count). The third-order valence-corrected chi connectivity index (χ3v) is 5.36. The highest BCUT2D eigenvalue weighted by Crippen LogP contribution is 2.31. The molecule has 1 aliphatic carbocycles. The predicted molar refractivity (Wildman–Crippen MR) is 118 cm³/mol. The van der Waals surface area contributed by atoms with Crippen molar-refractivity contribution in [3.05, 3.63) is 98.1 Å². The number of amides is 1. The van der Waals surface area contributed by atoms with Crippen molar-refractivity contribution < 1.29 is 23.9 Å². The second kappa shape index (κ2) is 8.19. The van der Waals surface area contributed by atoms with Crippen LogP contribution in [0.4, 0.5) is 5.69 Å². The SMILES string of the molecule is O=C(COC(=O)c1ccc(I)cc1)Nc1cccc2c1C(=O)c1ccccc1C2=O. The summed E-state index contributed by atoms with van der Waals surface area (Å²) in [6.07, 6.45) is 0. The molecule has 7 heteroatoms. The second-order valence-corrected chi connectivity index (χ2v) is 7.81. The van der Waals surface area contributed by atoms with Crippen molar-refractivity contribution in [1.29, 1.82) is 0 Å². The number of ketones is 2. The fourth-order valence-corrected chi connectivity index (χ4v) is 3.60. The first-order valence-electron chi connectivity index (χ1n) is 8.99. The topological polar surface area (TPSA) is 89.5 Å². The zero-order valence-electron chi connectivity index (χ0n) is 15.5. The maximum Gasteiger partial charge on any atom is 0.338 e. The van der Waals surface area contributed by atoms with Crippen LogP contribution in [0.5, 0.6) is 0 Å². The quantitative estimate of drug-likeness (QED) is 0.332. The van der Waals surface area contributed by atoms with Gasteiger partial charge < -0.3 is 10.1 Å². The van der Waals surface area contributed by atoms with Crippen LogP contribution in [0, 0.1) is 3.57 Å². The second-order valence-electron chi connectivity index (χ2n) is 6.56. The number of esters is 1. The minimum atomic E-state index is -0.628. The smallest absolute Gasteiger partial charge is 0.338 e.